The van der Waals surface area contributed by atoms with Gasteiger partial charge in [-0.15, -0.1) is 0 Å². The molecule has 2 rings (SSSR count). The smallest absolute Gasteiger partial charge is 0.180 e. The molecule has 0 unspecified atom stereocenters. The summed E-state index contributed by atoms with van der Waals surface area (Å²) in [4.78, 5) is 5.15. The summed E-state index contributed by atoms with van der Waals surface area (Å²) in [5.74, 6) is 0. The molecule has 0 radical (unpaired) electrons. The Kier molecular flexibility index (Phi) is 3.54. The van der Waals surface area contributed by atoms with E-state index < -0.39 is 0 Å². The maximum Gasteiger partial charge on any atom is 0.180 e. The molecule has 0 amide bonds. The molecule has 16 heavy (non-hydrogen) atoms. The van der Waals surface area contributed by atoms with Crippen LogP contribution < -0.4 is 5.73 Å². The molecule has 0 aliphatic rings. The maximum absolute atomic E-state index is 5.60. The second-order valence-corrected chi connectivity index (χ2v) is 4.56. The molecular formula is C12H14N2OS. The summed E-state index contributed by atoms with van der Waals surface area (Å²) in [6.45, 7) is 0.757. The molecule has 0 aliphatic carbocycles. The standard InChI is InChI=1S/C12H14N2OS/c1-15-7-6-9-2-4-10(5-3-9)11-8-14-12(13)16-11/h2-5,8H,6-7H2,1H3,(H2,13,14). The Labute approximate surface area is 98.9 Å². The Morgan fingerprint density at radius 3 is 2.62 bits per heavy atom. The van der Waals surface area contributed by atoms with Crippen LogP contribution in [0.1, 0.15) is 5.56 Å². The van der Waals surface area contributed by atoms with E-state index in [-0.39, 0.29) is 0 Å². The van der Waals surface area contributed by atoms with Crippen molar-refractivity contribution in [3.8, 4) is 10.4 Å². The first-order valence-electron chi connectivity index (χ1n) is 5.09. The van der Waals surface area contributed by atoms with Crippen molar-refractivity contribution in [1.29, 1.82) is 0 Å². The first-order chi connectivity index (χ1) is 7.79. The summed E-state index contributed by atoms with van der Waals surface area (Å²) in [7, 11) is 1.72. The average molecular weight is 234 g/mol. The number of thiazole rings is 1. The lowest BCUT2D eigenvalue weighted by atomic mass is 10.1. The Morgan fingerprint density at radius 2 is 2.06 bits per heavy atom. The van der Waals surface area contributed by atoms with Crippen molar-refractivity contribution in [2.45, 2.75) is 6.42 Å². The summed E-state index contributed by atoms with van der Waals surface area (Å²) in [5, 5.41) is 0.610. The van der Waals surface area contributed by atoms with Gasteiger partial charge >= 0.3 is 0 Å². The molecule has 0 spiro atoms. The highest BCUT2D eigenvalue weighted by atomic mass is 32.1. The van der Waals surface area contributed by atoms with Crippen LogP contribution in [0.15, 0.2) is 30.5 Å². The van der Waals surface area contributed by atoms with Gasteiger partial charge in [-0.3, -0.25) is 0 Å². The van der Waals surface area contributed by atoms with E-state index in [1.165, 1.54) is 16.9 Å². The van der Waals surface area contributed by atoms with Crippen LogP contribution in [-0.2, 0) is 11.2 Å². The van der Waals surface area contributed by atoms with Crippen molar-refractivity contribution in [2.24, 2.45) is 0 Å². The number of hydrogen-bond donors (Lipinski definition) is 1. The second-order valence-electron chi connectivity index (χ2n) is 3.50. The fourth-order valence-electron chi connectivity index (χ4n) is 1.48. The Hall–Kier alpha value is -1.39. The van der Waals surface area contributed by atoms with Gasteiger partial charge in [-0.25, -0.2) is 4.98 Å². The number of nitrogens with two attached hydrogens (primary N) is 1. The van der Waals surface area contributed by atoms with Crippen LogP contribution >= 0.6 is 11.3 Å². The zero-order valence-electron chi connectivity index (χ0n) is 9.14. The molecule has 4 heteroatoms. The van der Waals surface area contributed by atoms with Gasteiger partial charge in [0.25, 0.3) is 0 Å². The van der Waals surface area contributed by atoms with Crippen molar-refractivity contribution < 1.29 is 4.74 Å². The number of hydrogen-bond acceptors (Lipinski definition) is 4. The van der Waals surface area contributed by atoms with Crippen molar-refractivity contribution >= 4 is 16.5 Å². The van der Waals surface area contributed by atoms with Crippen LogP contribution in [0.5, 0.6) is 0 Å². The summed E-state index contributed by atoms with van der Waals surface area (Å²) < 4.78 is 5.04. The molecule has 0 aliphatic heterocycles. The first-order valence-corrected chi connectivity index (χ1v) is 5.91. The lowest BCUT2D eigenvalue weighted by molar-refractivity contribution is 0.202. The molecule has 0 saturated carbocycles. The summed E-state index contributed by atoms with van der Waals surface area (Å²) >= 11 is 1.51. The van der Waals surface area contributed by atoms with Gasteiger partial charge < -0.3 is 10.5 Å². The number of anilines is 1. The maximum atomic E-state index is 5.60. The van der Waals surface area contributed by atoms with Crippen LogP contribution in [0.4, 0.5) is 5.13 Å². The van der Waals surface area contributed by atoms with E-state index in [1.807, 2.05) is 6.20 Å². The number of methoxy groups -OCH3 is 1. The molecule has 0 fully saturated rings. The monoisotopic (exact) mass is 234 g/mol. The van der Waals surface area contributed by atoms with Gasteiger partial charge in [-0.05, 0) is 17.5 Å². The summed E-state index contributed by atoms with van der Waals surface area (Å²) in [5.41, 5.74) is 8.05. The van der Waals surface area contributed by atoms with Gasteiger partial charge in [-0.2, -0.15) is 0 Å². The van der Waals surface area contributed by atoms with Gasteiger partial charge in [-0.1, -0.05) is 35.6 Å². The molecule has 1 heterocycles. The number of rotatable bonds is 4. The highest BCUT2D eigenvalue weighted by molar-refractivity contribution is 7.18. The minimum atomic E-state index is 0.610. The fraction of sp³-hybridized carbons (Fsp3) is 0.250. The average Bonchev–Trinajstić information content (AvgIpc) is 2.74. The van der Waals surface area contributed by atoms with Crippen LogP contribution in [0, 0.1) is 0 Å². The molecule has 0 atom stereocenters. The predicted octanol–water partition coefficient (Wildman–Crippen LogP) is 2.58. The third kappa shape index (κ3) is 2.59. The number of aromatic nitrogens is 1. The van der Waals surface area contributed by atoms with E-state index in [9.17, 15) is 0 Å². The lowest BCUT2D eigenvalue weighted by Crippen LogP contribution is -1.93. The molecule has 1 aromatic heterocycles. The summed E-state index contributed by atoms with van der Waals surface area (Å²) in [6.07, 6.45) is 2.76. The Balaban J connectivity index is 2.13. The molecule has 0 bridgehead atoms. The van der Waals surface area contributed by atoms with E-state index >= 15 is 0 Å². The largest absolute Gasteiger partial charge is 0.384 e. The Bertz CT molecular complexity index is 450. The highest BCUT2D eigenvalue weighted by Gasteiger charge is 2.02. The number of nitrogen functional groups attached to an aromatic ring is 1. The van der Waals surface area contributed by atoms with E-state index in [0.717, 1.165) is 23.5 Å². The molecule has 2 aromatic rings. The first kappa shape index (κ1) is 11.1. The van der Waals surface area contributed by atoms with Gasteiger partial charge in [0.2, 0.25) is 0 Å². The number of ether oxygens (including phenoxy) is 1. The molecule has 2 N–H and O–H groups in total. The molecule has 0 saturated heterocycles. The van der Waals surface area contributed by atoms with Crippen LogP contribution in [0.2, 0.25) is 0 Å². The zero-order chi connectivity index (χ0) is 11.4. The molecule has 84 valence electrons. The SMILES string of the molecule is COCCc1ccc(-c2cnc(N)s2)cc1. The number of benzene rings is 1. The molecular weight excluding hydrogens is 220 g/mol. The minimum absolute atomic E-state index is 0.610. The third-order valence-corrected chi connectivity index (χ3v) is 3.23. The Morgan fingerprint density at radius 1 is 1.31 bits per heavy atom. The zero-order valence-corrected chi connectivity index (χ0v) is 9.96. The summed E-state index contributed by atoms with van der Waals surface area (Å²) in [6, 6.07) is 8.42. The topological polar surface area (TPSA) is 48.1 Å². The van der Waals surface area contributed by atoms with Gasteiger partial charge in [0.15, 0.2) is 5.13 Å². The third-order valence-electron chi connectivity index (χ3n) is 2.36. The normalized spacial score (nSPS) is 10.6. The highest BCUT2D eigenvalue weighted by Crippen LogP contribution is 2.27. The van der Waals surface area contributed by atoms with Crippen LogP contribution in [0.25, 0.3) is 10.4 Å². The van der Waals surface area contributed by atoms with E-state index in [2.05, 4.69) is 29.2 Å². The lowest BCUT2D eigenvalue weighted by Gasteiger charge is -2.01. The van der Waals surface area contributed by atoms with Crippen molar-refractivity contribution in [3.05, 3.63) is 36.0 Å². The molecule has 1 aromatic carbocycles. The van der Waals surface area contributed by atoms with Crippen molar-refractivity contribution in [1.82, 2.24) is 4.98 Å². The van der Waals surface area contributed by atoms with Gasteiger partial charge in [0.05, 0.1) is 11.5 Å². The van der Waals surface area contributed by atoms with Crippen LogP contribution in [-0.4, -0.2) is 18.7 Å². The number of nitrogens with zero attached hydrogens (tertiary/aromatic N) is 1. The molecule has 3 nitrogen and oxygen atoms in total. The van der Waals surface area contributed by atoms with E-state index in [1.54, 1.807) is 7.11 Å². The minimum Gasteiger partial charge on any atom is -0.384 e. The van der Waals surface area contributed by atoms with Crippen molar-refractivity contribution in [2.75, 3.05) is 19.5 Å². The van der Waals surface area contributed by atoms with Crippen LogP contribution in [0.3, 0.4) is 0 Å². The second kappa shape index (κ2) is 5.09. The van der Waals surface area contributed by atoms with Crippen molar-refractivity contribution in [3.63, 3.8) is 0 Å². The van der Waals surface area contributed by atoms with E-state index in [0.29, 0.717) is 5.13 Å². The fourth-order valence-corrected chi connectivity index (χ4v) is 2.17. The predicted molar refractivity (Wildman–Crippen MR) is 67.5 cm³/mol. The quantitative estimate of drug-likeness (QED) is 0.884. The van der Waals surface area contributed by atoms with Gasteiger partial charge in [0, 0.05) is 13.3 Å². The van der Waals surface area contributed by atoms with E-state index in [4.69, 9.17) is 10.5 Å². The van der Waals surface area contributed by atoms with Gasteiger partial charge in [0.1, 0.15) is 0 Å².